The maximum absolute atomic E-state index is 13.5. The van der Waals surface area contributed by atoms with Gasteiger partial charge in [-0.05, 0) is 43.2 Å². The first-order valence-corrected chi connectivity index (χ1v) is 12.1. The van der Waals surface area contributed by atoms with Crippen LogP contribution in [0.1, 0.15) is 34.1 Å². The van der Waals surface area contributed by atoms with E-state index in [1.54, 1.807) is 21.9 Å². The van der Waals surface area contributed by atoms with Gasteiger partial charge in [0, 0.05) is 32.7 Å². The Hall–Kier alpha value is -3.36. The second-order valence-electron chi connectivity index (χ2n) is 8.76. The molecule has 1 saturated heterocycles. The van der Waals surface area contributed by atoms with E-state index in [0.717, 1.165) is 50.6 Å². The summed E-state index contributed by atoms with van der Waals surface area (Å²) in [5, 5.41) is 0. The van der Waals surface area contributed by atoms with Crippen LogP contribution >= 0.6 is 0 Å². The summed E-state index contributed by atoms with van der Waals surface area (Å²) in [6, 6.07) is 16.9. The minimum absolute atomic E-state index is 0.0326. The first kappa shape index (κ1) is 24.8. The van der Waals surface area contributed by atoms with E-state index in [-0.39, 0.29) is 24.1 Å². The third kappa shape index (κ3) is 7.31. The van der Waals surface area contributed by atoms with E-state index in [4.69, 9.17) is 13.6 Å². The summed E-state index contributed by atoms with van der Waals surface area (Å²) < 4.78 is 16.5. The van der Waals surface area contributed by atoms with Crippen molar-refractivity contribution in [3.05, 3.63) is 83.7 Å². The van der Waals surface area contributed by atoms with Crippen molar-refractivity contribution in [2.75, 3.05) is 45.9 Å². The Kier molecular flexibility index (Phi) is 8.75. The standard InChI is InChI=1S/C27H33N3O5/c1-22-10-11-24(35-22)20-30(19-23-7-3-2-4-8-23)26(31)21-29(27(32)25-9-5-16-34-25)13-6-12-28-14-17-33-18-15-28/h2-5,7-11,16H,6,12-15,17-21H2,1H3. The Morgan fingerprint density at radius 3 is 2.43 bits per heavy atom. The van der Waals surface area contributed by atoms with Gasteiger partial charge in [0.05, 0.1) is 26.0 Å². The van der Waals surface area contributed by atoms with E-state index in [0.29, 0.717) is 25.4 Å². The van der Waals surface area contributed by atoms with Gasteiger partial charge in [0.25, 0.3) is 5.91 Å². The van der Waals surface area contributed by atoms with Gasteiger partial charge in [-0.1, -0.05) is 30.3 Å². The van der Waals surface area contributed by atoms with Crippen LogP contribution in [-0.4, -0.2) is 72.5 Å². The average Bonchev–Trinajstić information content (AvgIpc) is 3.56. The number of morpholine rings is 1. The fourth-order valence-electron chi connectivity index (χ4n) is 4.18. The molecule has 0 spiro atoms. The Morgan fingerprint density at radius 1 is 0.943 bits per heavy atom. The number of amides is 2. The van der Waals surface area contributed by atoms with Crippen LogP contribution in [0.5, 0.6) is 0 Å². The quantitative estimate of drug-likeness (QED) is 0.418. The first-order chi connectivity index (χ1) is 17.1. The molecule has 8 heteroatoms. The monoisotopic (exact) mass is 479 g/mol. The summed E-state index contributed by atoms with van der Waals surface area (Å²) in [5.74, 6) is 1.32. The molecular weight excluding hydrogens is 446 g/mol. The molecule has 35 heavy (non-hydrogen) atoms. The summed E-state index contributed by atoms with van der Waals surface area (Å²) in [4.78, 5) is 32.4. The third-order valence-electron chi connectivity index (χ3n) is 6.06. The Labute approximate surface area is 206 Å². The molecule has 1 aliphatic heterocycles. The van der Waals surface area contributed by atoms with Crippen LogP contribution < -0.4 is 0 Å². The van der Waals surface area contributed by atoms with E-state index in [2.05, 4.69) is 4.90 Å². The lowest BCUT2D eigenvalue weighted by Crippen LogP contribution is -2.44. The normalized spacial score (nSPS) is 14.1. The zero-order valence-corrected chi connectivity index (χ0v) is 20.2. The highest BCUT2D eigenvalue weighted by atomic mass is 16.5. The molecule has 0 radical (unpaired) electrons. The zero-order valence-electron chi connectivity index (χ0n) is 20.2. The molecule has 2 amide bonds. The molecule has 4 rings (SSSR count). The van der Waals surface area contributed by atoms with Gasteiger partial charge in [-0.2, -0.15) is 0 Å². The van der Waals surface area contributed by atoms with Gasteiger partial charge in [0.1, 0.15) is 18.1 Å². The number of hydrogen-bond donors (Lipinski definition) is 0. The van der Waals surface area contributed by atoms with Crippen LogP contribution in [0.25, 0.3) is 0 Å². The fourth-order valence-corrected chi connectivity index (χ4v) is 4.18. The van der Waals surface area contributed by atoms with E-state index in [1.165, 1.54) is 6.26 Å². The van der Waals surface area contributed by atoms with Crippen molar-refractivity contribution in [3.8, 4) is 0 Å². The van der Waals surface area contributed by atoms with Crippen LogP contribution in [0.2, 0.25) is 0 Å². The first-order valence-electron chi connectivity index (χ1n) is 12.1. The number of rotatable bonds is 11. The molecule has 0 unspecified atom stereocenters. The van der Waals surface area contributed by atoms with Crippen molar-refractivity contribution < 1.29 is 23.2 Å². The molecule has 3 aromatic rings. The molecular formula is C27H33N3O5. The summed E-state index contributed by atoms with van der Waals surface area (Å²) in [6.07, 6.45) is 2.23. The van der Waals surface area contributed by atoms with Crippen molar-refractivity contribution in [1.82, 2.24) is 14.7 Å². The average molecular weight is 480 g/mol. The topological polar surface area (TPSA) is 79.4 Å². The van der Waals surface area contributed by atoms with Crippen LogP contribution in [0, 0.1) is 6.92 Å². The lowest BCUT2D eigenvalue weighted by Gasteiger charge is -2.29. The van der Waals surface area contributed by atoms with Gasteiger partial charge in [-0.25, -0.2) is 0 Å². The molecule has 0 N–H and O–H groups in total. The van der Waals surface area contributed by atoms with Crippen molar-refractivity contribution in [2.45, 2.75) is 26.4 Å². The van der Waals surface area contributed by atoms with Gasteiger partial charge < -0.3 is 23.4 Å². The molecule has 3 heterocycles. The van der Waals surface area contributed by atoms with Gasteiger partial charge in [0.2, 0.25) is 5.91 Å². The van der Waals surface area contributed by atoms with Gasteiger partial charge >= 0.3 is 0 Å². The van der Waals surface area contributed by atoms with Crippen molar-refractivity contribution in [1.29, 1.82) is 0 Å². The van der Waals surface area contributed by atoms with E-state index in [9.17, 15) is 9.59 Å². The smallest absolute Gasteiger partial charge is 0.290 e. The predicted octanol–water partition coefficient (Wildman–Crippen LogP) is 3.57. The van der Waals surface area contributed by atoms with Crippen LogP contribution in [0.4, 0.5) is 0 Å². The number of hydrogen-bond acceptors (Lipinski definition) is 6. The molecule has 1 aliphatic rings. The predicted molar refractivity (Wildman–Crippen MR) is 131 cm³/mol. The van der Waals surface area contributed by atoms with Crippen molar-refractivity contribution in [2.24, 2.45) is 0 Å². The second-order valence-corrected chi connectivity index (χ2v) is 8.76. The van der Waals surface area contributed by atoms with Crippen molar-refractivity contribution in [3.63, 3.8) is 0 Å². The van der Waals surface area contributed by atoms with Gasteiger partial charge in [-0.3, -0.25) is 14.5 Å². The molecule has 0 atom stereocenters. The largest absolute Gasteiger partial charge is 0.464 e. The Morgan fingerprint density at radius 2 is 1.74 bits per heavy atom. The number of ether oxygens (including phenoxy) is 1. The van der Waals surface area contributed by atoms with Gasteiger partial charge in [0.15, 0.2) is 5.76 Å². The maximum Gasteiger partial charge on any atom is 0.290 e. The SMILES string of the molecule is Cc1ccc(CN(Cc2ccccc2)C(=O)CN(CCCN2CCOCC2)C(=O)c2ccco2)o1. The number of carbonyl (C=O) groups excluding carboxylic acids is 2. The highest BCUT2D eigenvalue weighted by Gasteiger charge is 2.25. The van der Waals surface area contributed by atoms with Crippen LogP contribution in [0.3, 0.4) is 0 Å². The lowest BCUT2D eigenvalue weighted by atomic mass is 10.2. The maximum atomic E-state index is 13.5. The number of benzene rings is 1. The van der Waals surface area contributed by atoms with E-state index in [1.807, 2.05) is 49.4 Å². The van der Waals surface area contributed by atoms with Crippen LogP contribution in [-0.2, 0) is 22.6 Å². The highest BCUT2D eigenvalue weighted by molar-refractivity contribution is 5.94. The minimum Gasteiger partial charge on any atom is -0.464 e. The molecule has 8 nitrogen and oxygen atoms in total. The molecule has 1 fully saturated rings. The number of aryl methyl sites for hydroxylation is 1. The third-order valence-corrected chi connectivity index (χ3v) is 6.06. The zero-order chi connectivity index (χ0) is 24.5. The molecule has 1 aromatic carbocycles. The number of nitrogens with zero attached hydrogens (tertiary/aromatic N) is 3. The highest BCUT2D eigenvalue weighted by Crippen LogP contribution is 2.15. The van der Waals surface area contributed by atoms with E-state index >= 15 is 0 Å². The summed E-state index contributed by atoms with van der Waals surface area (Å²) >= 11 is 0. The number of carbonyl (C=O) groups is 2. The molecule has 186 valence electrons. The Balaban J connectivity index is 1.46. The fraction of sp³-hybridized carbons (Fsp3) is 0.407. The van der Waals surface area contributed by atoms with Gasteiger partial charge in [-0.15, -0.1) is 0 Å². The summed E-state index contributed by atoms with van der Waals surface area (Å²) in [6.45, 7) is 7.15. The lowest BCUT2D eigenvalue weighted by molar-refractivity contribution is -0.133. The van der Waals surface area contributed by atoms with Crippen molar-refractivity contribution >= 4 is 11.8 Å². The Bertz CT molecular complexity index is 1060. The minimum atomic E-state index is -0.279. The summed E-state index contributed by atoms with van der Waals surface area (Å²) in [7, 11) is 0. The second kappa shape index (κ2) is 12.4. The number of furan rings is 2. The molecule has 0 saturated carbocycles. The summed E-state index contributed by atoms with van der Waals surface area (Å²) in [5.41, 5.74) is 1.01. The molecule has 2 aromatic heterocycles. The van der Waals surface area contributed by atoms with E-state index < -0.39 is 0 Å². The van der Waals surface area contributed by atoms with Crippen LogP contribution in [0.15, 0.2) is 69.7 Å². The molecule has 0 aliphatic carbocycles. The molecule has 0 bridgehead atoms.